The summed E-state index contributed by atoms with van der Waals surface area (Å²) >= 11 is 0. The Hall–Kier alpha value is -4.57. The van der Waals surface area contributed by atoms with Crippen molar-refractivity contribution in [3.8, 4) is 22.4 Å². The van der Waals surface area contributed by atoms with Crippen molar-refractivity contribution >= 4 is 22.7 Å². The van der Waals surface area contributed by atoms with Gasteiger partial charge in [0, 0.05) is 16.5 Å². The van der Waals surface area contributed by atoms with Gasteiger partial charge in [0.1, 0.15) is 0 Å². The molecule has 4 aromatic carbocycles. The van der Waals surface area contributed by atoms with E-state index < -0.39 is 5.97 Å². The second kappa shape index (κ2) is 9.74. The van der Waals surface area contributed by atoms with Gasteiger partial charge >= 0.3 is 5.97 Å². The van der Waals surface area contributed by atoms with Crippen LogP contribution in [0.15, 0.2) is 109 Å². The zero-order valence-corrected chi connectivity index (χ0v) is 19.3. The molecule has 170 valence electrons. The second-order valence-corrected chi connectivity index (χ2v) is 8.38. The molecule has 5 rings (SSSR count). The molecule has 0 aliphatic carbocycles. The fourth-order valence-electron chi connectivity index (χ4n) is 4.04. The molecular formula is C31H23NO3. The molecule has 0 amide bonds. The van der Waals surface area contributed by atoms with Crippen LogP contribution in [0.3, 0.4) is 0 Å². The van der Waals surface area contributed by atoms with Crippen LogP contribution in [0, 0.1) is 6.92 Å². The van der Waals surface area contributed by atoms with Crippen LogP contribution in [-0.4, -0.2) is 23.3 Å². The van der Waals surface area contributed by atoms with Crippen LogP contribution in [0.2, 0.25) is 0 Å². The number of carbonyl (C=O) groups excluding carboxylic acids is 2. The van der Waals surface area contributed by atoms with E-state index in [2.05, 4.69) is 0 Å². The lowest BCUT2D eigenvalue weighted by atomic mass is 10.0. The molecule has 0 unspecified atom stereocenters. The van der Waals surface area contributed by atoms with E-state index in [0.717, 1.165) is 22.3 Å². The number of ether oxygens (including phenoxy) is 1. The van der Waals surface area contributed by atoms with Gasteiger partial charge in [-0.25, -0.2) is 9.78 Å². The van der Waals surface area contributed by atoms with Crippen LogP contribution in [0.25, 0.3) is 33.3 Å². The Bertz CT molecular complexity index is 1510. The molecule has 1 aromatic heterocycles. The van der Waals surface area contributed by atoms with Crippen LogP contribution in [0.1, 0.15) is 26.3 Å². The van der Waals surface area contributed by atoms with E-state index in [1.54, 1.807) is 18.2 Å². The summed E-state index contributed by atoms with van der Waals surface area (Å²) in [6.07, 6.45) is 0. The number of nitrogens with zero attached hydrogens (tertiary/aromatic N) is 1. The first kappa shape index (κ1) is 22.2. The van der Waals surface area contributed by atoms with Crippen molar-refractivity contribution in [2.75, 3.05) is 6.61 Å². The van der Waals surface area contributed by atoms with E-state index >= 15 is 0 Å². The van der Waals surface area contributed by atoms with Gasteiger partial charge in [-0.3, -0.25) is 4.79 Å². The molecule has 4 heteroatoms. The van der Waals surface area contributed by atoms with Crippen molar-refractivity contribution in [3.05, 3.63) is 126 Å². The third-order valence-electron chi connectivity index (χ3n) is 5.90. The Morgan fingerprint density at radius 2 is 1.34 bits per heavy atom. The van der Waals surface area contributed by atoms with E-state index in [-0.39, 0.29) is 12.4 Å². The number of hydrogen-bond donors (Lipinski definition) is 0. The summed E-state index contributed by atoms with van der Waals surface area (Å²) in [6, 6.07) is 34.4. The van der Waals surface area contributed by atoms with Crippen molar-refractivity contribution in [1.82, 2.24) is 4.98 Å². The van der Waals surface area contributed by atoms with Gasteiger partial charge in [0.2, 0.25) is 0 Å². The fraction of sp³-hybridized carbons (Fsp3) is 0.0645. The molecule has 0 fully saturated rings. The van der Waals surface area contributed by atoms with Crippen LogP contribution in [0.5, 0.6) is 0 Å². The van der Waals surface area contributed by atoms with E-state index in [0.29, 0.717) is 27.7 Å². The molecule has 0 saturated heterocycles. The third kappa shape index (κ3) is 4.87. The number of esters is 1. The lowest BCUT2D eigenvalue weighted by molar-refractivity contribution is 0.0476. The van der Waals surface area contributed by atoms with Crippen molar-refractivity contribution in [2.45, 2.75) is 6.92 Å². The average Bonchev–Trinajstić information content (AvgIpc) is 2.92. The monoisotopic (exact) mass is 457 g/mol. The highest BCUT2D eigenvalue weighted by Gasteiger charge is 2.17. The lowest BCUT2D eigenvalue weighted by Gasteiger charge is -2.11. The van der Waals surface area contributed by atoms with E-state index in [1.807, 2.05) is 97.9 Å². The Labute approximate surface area is 203 Å². The molecule has 0 aliphatic rings. The van der Waals surface area contributed by atoms with Crippen molar-refractivity contribution < 1.29 is 14.3 Å². The van der Waals surface area contributed by atoms with Gasteiger partial charge in [-0.1, -0.05) is 96.6 Å². The largest absolute Gasteiger partial charge is 0.454 e. The first-order valence-corrected chi connectivity index (χ1v) is 11.4. The van der Waals surface area contributed by atoms with Crippen molar-refractivity contribution in [2.24, 2.45) is 0 Å². The summed E-state index contributed by atoms with van der Waals surface area (Å²) in [5.74, 6) is -0.801. The number of Topliss-reactive ketones (excluding diaryl/α,β-unsaturated/α-hetero) is 1. The molecule has 5 aromatic rings. The Morgan fingerprint density at radius 1 is 0.714 bits per heavy atom. The minimum absolute atomic E-state index is 0.254. The molecule has 0 N–H and O–H groups in total. The van der Waals surface area contributed by atoms with Crippen molar-refractivity contribution in [1.29, 1.82) is 0 Å². The highest BCUT2D eigenvalue weighted by Crippen LogP contribution is 2.26. The van der Waals surface area contributed by atoms with Gasteiger partial charge in [-0.05, 0) is 36.2 Å². The first-order chi connectivity index (χ1) is 17.1. The van der Waals surface area contributed by atoms with Gasteiger partial charge in [0.25, 0.3) is 0 Å². The van der Waals surface area contributed by atoms with E-state index in [4.69, 9.17) is 9.72 Å². The SMILES string of the molecule is Cc1ccc2nc(-c3ccccc3)cc(C(=O)OCC(=O)c3ccc(-c4ccccc4)cc3)c2c1. The standard InChI is InChI=1S/C31H23NO3/c1-21-12-17-28-26(18-21)27(19-29(32-28)24-10-6-3-7-11-24)31(34)35-20-30(33)25-15-13-23(14-16-25)22-8-4-2-5-9-22/h2-19H,20H2,1H3. The number of carbonyl (C=O) groups is 2. The minimum atomic E-state index is -0.547. The molecule has 35 heavy (non-hydrogen) atoms. The number of ketones is 1. The van der Waals surface area contributed by atoms with Gasteiger partial charge in [0.15, 0.2) is 12.4 Å². The number of fused-ring (bicyclic) bond motifs is 1. The quantitative estimate of drug-likeness (QED) is 0.205. The van der Waals surface area contributed by atoms with Crippen LogP contribution >= 0.6 is 0 Å². The number of pyridine rings is 1. The molecule has 0 saturated carbocycles. The third-order valence-corrected chi connectivity index (χ3v) is 5.90. The number of rotatable bonds is 6. The summed E-state index contributed by atoms with van der Waals surface area (Å²) in [7, 11) is 0. The van der Waals surface area contributed by atoms with Gasteiger partial charge in [0.05, 0.1) is 16.8 Å². The predicted octanol–water partition coefficient (Wildman–Crippen LogP) is 6.92. The molecule has 1 heterocycles. The summed E-state index contributed by atoms with van der Waals surface area (Å²) < 4.78 is 5.48. The number of aromatic nitrogens is 1. The zero-order valence-electron chi connectivity index (χ0n) is 19.3. The lowest BCUT2D eigenvalue weighted by Crippen LogP contribution is -2.15. The molecule has 0 spiro atoms. The maximum Gasteiger partial charge on any atom is 0.339 e. The highest BCUT2D eigenvalue weighted by molar-refractivity contribution is 6.06. The van der Waals surface area contributed by atoms with E-state index in [1.165, 1.54) is 0 Å². The minimum Gasteiger partial charge on any atom is -0.454 e. The molecule has 0 bridgehead atoms. The number of aryl methyl sites for hydroxylation is 1. The Morgan fingerprint density at radius 3 is 2.03 bits per heavy atom. The summed E-state index contributed by atoms with van der Waals surface area (Å²) in [6.45, 7) is 1.63. The summed E-state index contributed by atoms with van der Waals surface area (Å²) in [5, 5.41) is 0.703. The summed E-state index contributed by atoms with van der Waals surface area (Å²) in [5.41, 5.74) is 6.28. The van der Waals surface area contributed by atoms with Crippen LogP contribution in [0.4, 0.5) is 0 Å². The smallest absolute Gasteiger partial charge is 0.339 e. The Kier molecular flexibility index (Phi) is 6.18. The second-order valence-electron chi connectivity index (χ2n) is 8.38. The highest BCUT2D eigenvalue weighted by atomic mass is 16.5. The van der Waals surface area contributed by atoms with E-state index in [9.17, 15) is 9.59 Å². The maximum absolute atomic E-state index is 13.1. The van der Waals surface area contributed by atoms with Gasteiger partial charge in [-0.15, -0.1) is 0 Å². The summed E-state index contributed by atoms with van der Waals surface area (Å²) in [4.78, 5) is 30.6. The molecule has 0 radical (unpaired) electrons. The van der Waals surface area contributed by atoms with Gasteiger partial charge in [-0.2, -0.15) is 0 Å². The topological polar surface area (TPSA) is 56.3 Å². The molecule has 4 nitrogen and oxygen atoms in total. The van der Waals surface area contributed by atoms with Crippen LogP contribution < -0.4 is 0 Å². The zero-order chi connectivity index (χ0) is 24.2. The maximum atomic E-state index is 13.1. The number of benzene rings is 4. The molecule has 0 aliphatic heterocycles. The predicted molar refractivity (Wildman–Crippen MR) is 138 cm³/mol. The van der Waals surface area contributed by atoms with Crippen LogP contribution in [-0.2, 0) is 4.74 Å². The van der Waals surface area contributed by atoms with Gasteiger partial charge < -0.3 is 4.74 Å². The molecule has 0 atom stereocenters. The fourth-order valence-corrected chi connectivity index (χ4v) is 4.04. The molecular weight excluding hydrogens is 434 g/mol. The van der Waals surface area contributed by atoms with Crippen molar-refractivity contribution in [3.63, 3.8) is 0 Å². The number of hydrogen-bond acceptors (Lipinski definition) is 4. The average molecular weight is 458 g/mol. The normalized spacial score (nSPS) is 10.8. The Balaban J connectivity index is 1.37. The first-order valence-electron chi connectivity index (χ1n) is 11.4.